The van der Waals surface area contributed by atoms with Crippen LogP contribution < -0.4 is 9.47 Å². The van der Waals surface area contributed by atoms with Crippen molar-refractivity contribution in [3.8, 4) is 17.6 Å². The molecule has 0 radical (unpaired) electrons. The van der Waals surface area contributed by atoms with Crippen molar-refractivity contribution < 1.29 is 23.8 Å². The Hall–Kier alpha value is -3.01. The minimum atomic E-state index is -0.651. The highest BCUT2D eigenvalue weighted by molar-refractivity contribution is 5.89. The predicted molar refractivity (Wildman–Crippen MR) is 87.4 cm³/mol. The first-order valence-corrected chi connectivity index (χ1v) is 7.20. The van der Waals surface area contributed by atoms with Gasteiger partial charge in [-0.25, -0.2) is 4.79 Å². The summed E-state index contributed by atoms with van der Waals surface area (Å²) in [6, 6.07) is 7.20. The van der Waals surface area contributed by atoms with Crippen molar-refractivity contribution in [2.75, 3.05) is 34.4 Å². The monoisotopic (exact) mass is 332 g/mol. The maximum atomic E-state index is 11.7. The van der Waals surface area contributed by atoms with Crippen LogP contribution in [0, 0.1) is 11.3 Å². The Morgan fingerprint density at radius 1 is 1.29 bits per heavy atom. The van der Waals surface area contributed by atoms with Crippen LogP contribution in [0.5, 0.6) is 11.5 Å². The molecule has 0 atom stereocenters. The lowest BCUT2D eigenvalue weighted by atomic mass is 10.1. The molecule has 24 heavy (non-hydrogen) atoms. The van der Waals surface area contributed by atoms with E-state index in [0.717, 1.165) is 0 Å². The summed E-state index contributed by atoms with van der Waals surface area (Å²) >= 11 is 0. The van der Waals surface area contributed by atoms with Crippen molar-refractivity contribution in [3.63, 3.8) is 0 Å². The van der Waals surface area contributed by atoms with Crippen LogP contribution in [-0.2, 0) is 14.3 Å². The van der Waals surface area contributed by atoms with Gasteiger partial charge in [0.15, 0.2) is 18.1 Å². The van der Waals surface area contributed by atoms with E-state index in [4.69, 9.17) is 19.5 Å². The summed E-state index contributed by atoms with van der Waals surface area (Å²) in [5.41, 5.74) is 0.645. The maximum absolute atomic E-state index is 11.7. The van der Waals surface area contributed by atoms with Gasteiger partial charge in [-0.3, -0.25) is 4.79 Å². The highest BCUT2D eigenvalue weighted by atomic mass is 16.5. The van der Waals surface area contributed by atoms with Crippen LogP contribution in [0.2, 0.25) is 0 Å². The maximum Gasteiger partial charge on any atom is 0.331 e. The van der Waals surface area contributed by atoms with Crippen molar-refractivity contribution in [2.24, 2.45) is 0 Å². The van der Waals surface area contributed by atoms with Gasteiger partial charge in [0.25, 0.3) is 5.91 Å². The Morgan fingerprint density at radius 3 is 2.67 bits per heavy atom. The van der Waals surface area contributed by atoms with E-state index in [-0.39, 0.29) is 18.9 Å². The quantitative estimate of drug-likeness (QED) is 0.531. The molecule has 0 aliphatic heterocycles. The van der Waals surface area contributed by atoms with Gasteiger partial charge < -0.3 is 19.1 Å². The van der Waals surface area contributed by atoms with Gasteiger partial charge in [-0.1, -0.05) is 12.1 Å². The Morgan fingerprint density at radius 2 is 2.04 bits per heavy atom. The largest absolute Gasteiger partial charge is 0.493 e. The Balaban J connectivity index is 2.61. The molecule has 0 saturated carbocycles. The summed E-state index contributed by atoms with van der Waals surface area (Å²) in [4.78, 5) is 24.7. The number of ether oxygens (including phenoxy) is 3. The van der Waals surface area contributed by atoms with Gasteiger partial charge in [-0.15, -0.1) is 0 Å². The number of amides is 1. The first kappa shape index (κ1) is 19.0. The fourth-order valence-corrected chi connectivity index (χ4v) is 1.83. The molecule has 0 bridgehead atoms. The summed E-state index contributed by atoms with van der Waals surface area (Å²) in [6.45, 7) is -0.0793. The minimum absolute atomic E-state index is 0.228. The molecule has 0 N–H and O–H groups in total. The van der Waals surface area contributed by atoms with Gasteiger partial charge in [0, 0.05) is 25.2 Å². The second-order valence-electron chi connectivity index (χ2n) is 4.75. The lowest BCUT2D eigenvalue weighted by Gasteiger charge is -2.14. The zero-order chi connectivity index (χ0) is 17.9. The first-order valence-electron chi connectivity index (χ1n) is 7.20. The number of benzene rings is 1. The number of carbonyl (C=O) groups is 2. The molecule has 128 valence electrons. The molecule has 0 fully saturated rings. The number of hydrogen-bond donors (Lipinski definition) is 0. The Bertz CT molecular complexity index is 649. The molecule has 1 aromatic rings. The summed E-state index contributed by atoms with van der Waals surface area (Å²) in [5.74, 6) is 0.0199. The number of esters is 1. The third-order valence-electron chi connectivity index (χ3n) is 3.16. The van der Waals surface area contributed by atoms with Crippen molar-refractivity contribution in [1.29, 1.82) is 5.26 Å². The van der Waals surface area contributed by atoms with Crippen LogP contribution in [0.15, 0.2) is 24.3 Å². The lowest BCUT2D eigenvalue weighted by molar-refractivity contribution is -0.147. The van der Waals surface area contributed by atoms with Crippen molar-refractivity contribution in [1.82, 2.24) is 4.90 Å². The average Bonchev–Trinajstić information content (AvgIpc) is 2.61. The van der Waals surface area contributed by atoms with Crippen LogP contribution >= 0.6 is 0 Å². The SMILES string of the molecule is COc1cccc(/C=C/C(=O)OCC(=O)N(C)CCC#N)c1OC. The molecule has 7 nitrogen and oxygen atoms in total. The fourth-order valence-electron chi connectivity index (χ4n) is 1.83. The minimum Gasteiger partial charge on any atom is -0.493 e. The second-order valence-corrected chi connectivity index (χ2v) is 4.75. The first-order chi connectivity index (χ1) is 11.5. The highest BCUT2D eigenvalue weighted by Crippen LogP contribution is 2.31. The van der Waals surface area contributed by atoms with Crippen molar-refractivity contribution in [3.05, 3.63) is 29.8 Å². The molecule has 0 saturated heterocycles. The zero-order valence-electron chi connectivity index (χ0n) is 13.9. The molecule has 1 aromatic carbocycles. The van der Waals surface area contributed by atoms with Crippen LogP contribution in [0.3, 0.4) is 0 Å². The topological polar surface area (TPSA) is 88.9 Å². The highest BCUT2D eigenvalue weighted by Gasteiger charge is 2.11. The van der Waals surface area contributed by atoms with E-state index in [0.29, 0.717) is 23.6 Å². The van der Waals surface area contributed by atoms with E-state index in [9.17, 15) is 9.59 Å². The molecular weight excluding hydrogens is 312 g/mol. The van der Waals surface area contributed by atoms with E-state index in [1.54, 1.807) is 25.2 Å². The van der Waals surface area contributed by atoms with E-state index in [1.807, 2.05) is 6.07 Å². The molecule has 0 unspecified atom stereocenters. The number of methoxy groups -OCH3 is 2. The molecule has 1 rings (SSSR count). The smallest absolute Gasteiger partial charge is 0.331 e. The fraction of sp³-hybridized carbons (Fsp3) is 0.353. The number of rotatable bonds is 8. The second kappa shape index (κ2) is 9.90. The number of para-hydroxylation sites is 1. The number of carbonyl (C=O) groups excluding carboxylic acids is 2. The van der Waals surface area contributed by atoms with E-state index < -0.39 is 5.97 Å². The van der Waals surface area contributed by atoms with E-state index in [2.05, 4.69) is 0 Å². The van der Waals surface area contributed by atoms with Crippen molar-refractivity contribution >= 4 is 18.0 Å². The van der Waals surface area contributed by atoms with Crippen LogP contribution in [0.25, 0.3) is 6.08 Å². The van der Waals surface area contributed by atoms with E-state index >= 15 is 0 Å². The summed E-state index contributed by atoms with van der Waals surface area (Å²) in [7, 11) is 4.57. The summed E-state index contributed by atoms with van der Waals surface area (Å²) < 4.78 is 15.3. The molecule has 7 heteroatoms. The van der Waals surface area contributed by atoms with E-state index in [1.165, 1.54) is 31.3 Å². The third-order valence-corrected chi connectivity index (χ3v) is 3.16. The summed E-state index contributed by atoms with van der Waals surface area (Å²) in [5, 5.41) is 8.47. The van der Waals surface area contributed by atoms with Gasteiger partial charge >= 0.3 is 5.97 Å². The molecule has 0 aliphatic carbocycles. The molecule has 0 heterocycles. The number of nitriles is 1. The average molecular weight is 332 g/mol. The standard InChI is InChI=1S/C17H20N2O5/c1-19(11-5-10-18)15(20)12-24-16(21)9-8-13-6-4-7-14(22-2)17(13)23-3/h4,6-9H,5,11-12H2,1-3H3/b9-8+. The van der Waals surface area contributed by atoms with Gasteiger partial charge in [-0.2, -0.15) is 5.26 Å². The zero-order valence-corrected chi connectivity index (χ0v) is 13.9. The number of nitrogens with zero attached hydrogens (tertiary/aromatic N) is 2. The van der Waals surface area contributed by atoms with Crippen molar-refractivity contribution in [2.45, 2.75) is 6.42 Å². The molecule has 0 aliphatic rings. The van der Waals surface area contributed by atoms with Gasteiger partial charge in [-0.05, 0) is 12.1 Å². The molecular formula is C17H20N2O5. The lowest BCUT2D eigenvalue weighted by Crippen LogP contribution is -2.31. The predicted octanol–water partition coefficient (Wildman–Crippen LogP) is 1.63. The van der Waals surface area contributed by atoms with Crippen LogP contribution in [-0.4, -0.2) is 51.2 Å². The van der Waals surface area contributed by atoms with Crippen LogP contribution in [0.4, 0.5) is 0 Å². The molecule has 1 amide bonds. The molecule has 0 spiro atoms. The molecule has 0 aromatic heterocycles. The van der Waals surface area contributed by atoms with Gasteiger partial charge in [0.2, 0.25) is 0 Å². The number of likely N-dealkylation sites (N-methyl/N-ethyl adjacent to an activating group) is 1. The van der Waals surface area contributed by atoms with Gasteiger partial charge in [0.05, 0.1) is 26.7 Å². The number of hydrogen-bond acceptors (Lipinski definition) is 6. The third kappa shape index (κ3) is 5.65. The normalized spacial score (nSPS) is 10.1. The van der Waals surface area contributed by atoms with Crippen LogP contribution in [0.1, 0.15) is 12.0 Å². The summed E-state index contributed by atoms with van der Waals surface area (Å²) in [6.07, 6.45) is 2.96. The van der Waals surface area contributed by atoms with Gasteiger partial charge in [0.1, 0.15) is 0 Å². The Labute approximate surface area is 141 Å². The Kier molecular flexibility index (Phi) is 7.85.